The second-order valence-corrected chi connectivity index (χ2v) is 6.45. The minimum atomic E-state index is -4.23. The number of hydrogen-bond acceptors (Lipinski definition) is 3. The predicted molar refractivity (Wildman–Crippen MR) is 83.3 cm³/mol. The van der Waals surface area contributed by atoms with Gasteiger partial charge in [0.15, 0.2) is 0 Å². The van der Waals surface area contributed by atoms with E-state index in [1.807, 2.05) is 24.0 Å². The van der Waals surface area contributed by atoms with Crippen molar-refractivity contribution in [3.05, 3.63) is 36.2 Å². The van der Waals surface area contributed by atoms with Gasteiger partial charge in [0.2, 0.25) is 0 Å². The molecule has 3 heterocycles. The Bertz CT molecular complexity index is 661. The molecular weight excluding hydrogens is 319 g/mol. The summed E-state index contributed by atoms with van der Waals surface area (Å²) in [6, 6.07) is 0.272. The highest BCUT2D eigenvalue weighted by atomic mass is 19.4. The molecule has 8 heteroatoms. The molecular formula is C16H22F3N5. The molecule has 0 N–H and O–H groups in total. The van der Waals surface area contributed by atoms with E-state index in [2.05, 4.69) is 15.0 Å². The van der Waals surface area contributed by atoms with E-state index >= 15 is 0 Å². The first-order chi connectivity index (χ1) is 11.4. The second kappa shape index (κ2) is 6.96. The van der Waals surface area contributed by atoms with Gasteiger partial charge in [-0.05, 0) is 31.9 Å². The van der Waals surface area contributed by atoms with Gasteiger partial charge in [-0.3, -0.25) is 9.58 Å². The highest BCUT2D eigenvalue weighted by molar-refractivity contribution is 5.00. The number of nitrogens with zero attached hydrogens (tertiary/aromatic N) is 5. The van der Waals surface area contributed by atoms with E-state index in [4.69, 9.17) is 0 Å². The van der Waals surface area contributed by atoms with Crippen molar-refractivity contribution in [3.8, 4) is 0 Å². The van der Waals surface area contributed by atoms with Crippen LogP contribution in [0.15, 0.2) is 24.8 Å². The van der Waals surface area contributed by atoms with Crippen LogP contribution < -0.4 is 0 Å². The van der Waals surface area contributed by atoms with Crippen LogP contribution in [0.1, 0.15) is 30.7 Å². The van der Waals surface area contributed by atoms with Gasteiger partial charge in [0.05, 0.1) is 19.3 Å². The third kappa shape index (κ3) is 4.37. The van der Waals surface area contributed by atoms with Gasteiger partial charge < -0.3 is 4.57 Å². The quantitative estimate of drug-likeness (QED) is 0.839. The van der Waals surface area contributed by atoms with Crippen LogP contribution in [0.5, 0.6) is 0 Å². The van der Waals surface area contributed by atoms with Gasteiger partial charge in [-0.1, -0.05) is 6.42 Å². The maximum atomic E-state index is 12.7. The number of imidazole rings is 1. The third-order valence-corrected chi connectivity index (χ3v) is 4.41. The monoisotopic (exact) mass is 341 g/mol. The van der Waals surface area contributed by atoms with Crippen molar-refractivity contribution >= 4 is 0 Å². The molecule has 0 spiro atoms. The zero-order chi connectivity index (χ0) is 17.2. The lowest BCUT2D eigenvalue weighted by molar-refractivity contribution is -0.141. The van der Waals surface area contributed by atoms with Gasteiger partial charge in [-0.15, -0.1) is 0 Å². The first-order valence-electron chi connectivity index (χ1n) is 8.20. The van der Waals surface area contributed by atoms with Gasteiger partial charge in [-0.25, -0.2) is 4.98 Å². The average molecular weight is 341 g/mol. The number of halogens is 3. The molecule has 2 aromatic rings. The van der Waals surface area contributed by atoms with Crippen LogP contribution in [0.2, 0.25) is 0 Å². The van der Waals surface area contributed by atoms with Crippen LogP contribution >= 0.6 is 0 Å². The number of aromatic nitrogens is 4. The molecule has 5 nitrogen and oxygen atoms in total. The number of rotatable bonds is 5. The van der Waals surface area contributed by atoms with E-state index in [1.54, 1.807) is 0 Å². The summed E-state index contributed by atoms with van der Waals surface area (Å²) < 4.78 is 41.1. The Morgan fingerprint density at radius 1 is 1.29 bits per heavy atom. The summed E-state index contributed by atoms with van der Waals surface area (Å²) in [6.07, 6.45) is 5.66. The third-order valence-electron chi connectivity index (χ3n) is 4.41. The summed E-state index contributed by atoms with van der Waals surface area (Å²) >= 11 is 0. The minimum Gasteiger partial charge on any atom is -0.325 e. The van der Waals surface area contributed by atoms with Gasteiger partial charge in [0.1, 0.15) is 12.4 Å². The average Bonchev–Trinajstić information content (AvgIpc) is 3.09. The molecule has 0 amide bonds. The minimum absolute atomic E-state index is 0.272. The Morgan fingerprint density at radius 2 is 2.12 bits per heavy atom. The molecule has 1 atom stereocenters. The summed E-state index contributed by atoms with van der Waals surface area (Å²) in [5.74, 6) is 0.468. The zero-order valence-electron chi connectivity index (χ0n) is 13.7. The molecule has 0 aliphatic carbocycles. The van der Waals surface area contributed by atoms with E-state index in [0.29, 0.717) is 12.4 Å². The molecule has 1 fully saturated rings. The summed E-state index contributed by atoms with van der Waals surface area (Å²) in [4.78, 5) is 6.37. The fourth-order valence-corrected chi connectivity index (χ4v) is 3.27. The summed E-state index contributed by atoms with van der Waals surface area (Å²) in [6.45, 7) is 3.08. The van der Waals surface area contributed by atoms with E-state index in [1.165, 1.54) is 17.0 Å². The van der Waals surface area contributed by atoms with Crippen LogP contribution in [0.25, 0.3) is 0 Å². The normalized spacial score (nSPS) is 19.8. The molecule has 1 aliphatic heterocycles. The maximum absolute atomic E-state index is 12.7. The lowest BCUT2D eigenvalue weighted by Gasteiger charge is -2.35. The lowest BCUT2D eigenvalue weighted by Crippen LogP contribution is -2.42. The van der Waals surface area contributed by atoms with E-state index in [0.717, 1.165) is 37.9 Å². The van der Waals surface area contributed by atoms with Crippen molar-refractivity contribution in [2.45, 2.75) is 58.0 Å². The van der Waals surface area contributed by atoms with E-state index < -0.39 is 12.7 Å². The molecule has 132 valence electrons. The highest BCUT2D eigenvalue weighted by Gasteiger charge is 2.30. The van der Waals surface area contributed by atoms with Crippen molar-refractivity contribution < 1.29 is 13.2 Å². The molecule has 0 aromatic carbocycles. The molecule has 0 saturated carbocycles. The van der Waals surface area contributed by atoms with Gasteiger partial charge in [-0.2, -0.15) is 18.3 Å². The molecule has 3 rings (SSSR count). The van der Waals surface area contributed by atoms with Crippen molar-refractivity contribution in [3.63, 3.8) is 0 Å². The van der Waals surface area contributed by atoms with Gasteiger partial charge in [0.25, 0.3) is 0 Å². The Kier molecular flexibility index (Phi) is 4.93. The second-order valence-electron chi connectivity index (χ2n) is 6.45. The summed E-state index contributed by atoms with van der Waals surface area (Å²) in [5, 5.41) is 4.33. The topological polar surface area (TPSA) is 38.9 Å². The predicted octanol–water partition coefficient (Wildman–Crippen LogP) is 3.01. The van der Waals surface area contributed by atoms with Crippen LogP contribution in [0, 0.1) is 6.92 Å². The molecule has 0 radical (unpaired) electrons. The first-order valence-corrected chi connectivity index (χ1v) is 8.20. The van der Waals surface area contributed by atoms with Crippen molar-refractivity contribution in [2.75, 3.05) is 6.54 Å². The van der Waals surface area contributed by atoms with Crippen molar-refractivity contribution in [2.24, 2.45) is 0 Å². The zero-order valence-corrected chi connectivity index (χ0v) is 13.7. The van der Waals surface area contributed by atoms with Gasteiger partial charge >= 0.3 is 6.18 Å². The molecule has 1 aliphatic rings. The standard InChI is InChI=1S/C16H22F3N5/c1-13-8-21-24(9-13)10-14-4-2-3-6-22(14)11-15-20-5-7-23(15)12-16(17,18)19/h5,7-9,14H,2-4,6,10-12H2,1H3/t14-/m0/s1. The van der Waals surface area contributed by atoms with Crippen LogP contribution in [0.4, 0.5) is 13.2 Å². The number of aryl methyl sites for hydroxylation is 1. The largest absolute Gasteiger partial charge is 0.406 e. The number of likely N-dealkylation sites (tertiary alicyclic amines) is 1. The van der Waals surface area contributed by atoms with Crippen LogP contribution in [0.3, 0.4) is 0 Å². The Morgan fingerprint density at radius 3 is 2.83 bits per heavy atom. The first kappa shape index (κ1) is 17.0. The molecule has 24 heavy (non-hydrogen) atoms. The smallest absolute Gasteiger partial charge is 0.325 e. The highest BCUT2D eigenvalue weighted by Crippen LogP contribution is 2.22. The van der Waals surface area contributed by atoms with E-state index in [-0.39, 0.29) is 6.04 Å². The number of alkyl halides is 3. The molecule has 1 saturated heterocycles. The fraction of sp³-hybridized carbons (Fsp3) is 0.625. The van der Waals surface area contributed by atoms with Crippen LogP contribution in [-0.4, -0.2) is 43.0 Å². The van der Waals surface area contributed by atoms with Crippen LogP contribution in [-0.2, 0) is 19.6 Å². The van der Waals surface area contributed by atoms with E-state index in [9.17, 15) is 13.2 Å². The van der Waals surface area contributed by atoms with Crippen molar-refractivity contribution in [1.82, 2.24) is 24.2 Å². The van der Waals surface area contributed by atoms with Gasteiger partial charge in [0, 0.05) is 24.6 Å². The summed E-state index contributed by atoms with van der Waals surface area (Å²) in [5.41, 5.74) is 1.11. The number of hydrogen-bond donors (Lipinski definition) is 0. The Hall–Kier alpha value is -1.83. The number of piperidine rings is 1. The molecule has 0 bridgehead atoms. The fourth-order valence-electron chi connectivity index (χ4n) is 3.27. The van der Waals surface area contributed by atoms with Crippen molar-refractivity contribution in [1.29, 1.82) is 0 Å². The SMILES string of the molecule is Cc1cnn(C[C@@H]2CCCCN2Cc2nccn2CC(F)(F)F)c1. The Balaban J connectivity index is 1.69. The summed E-state index contributed by atoms with van der Waals surface area (Å²) in [7, 11) is 0. The lowest BCUT2D eigenvalue weighted by atomic mass is 10.0. The molecule has 2 aromatic heterocycles. The maximum Gasteiger partial charge on any atom is 0.406 e. The Labute approximate surface area is 139 Å². The molecule has 0 unspecified atom stereocenters.